The maximum absolute atomic E-state index is 14.1. The molecule has 7 heteroatoms. The van der Waals surface area contributed by atoms with Gasteiger partial charge in [-0.25, -0.2) is 8.78 Å². The van der Waals surface area contributed by atoms with Crippen molar-refractivity contribution in [2.75, 3.05) is 13.1 Å². The Morgan fingerprint density at radius 1 is 1.25 bits per heavy atom. The third kappa shape index (κ3) is 3.17. The van der Waals surface area contributed by atoms with Crippen LogP contribution in [0.3, 0.4) is 0 Å². The first-order chi connectivity index (χ1) is 11.3. The summed E-state index contributed by atoms with van der Waals surface area (Å²) in [6, 6.07) is 3.64. The van der Waals surface area contributed by atoms with Crippen molar-refractivity contribution in [2.45, 2.75) is 25.9 Å². The molecule has 1 N–H and O–H groups in total. The Morgan fingerprint density at radius 3 is 2.54 bits per heavy atom. The summed E-state index contributed by atoms with van der Waals surface area (Å²) in [5.74, 6) is -1.59. The van der Waals surface area contributed by atoms with E-state index in [-0.39, 0.29) is 29.2 Å². The fraction of sp³-hybridized carbons (Fsp3) is 0.412. The predicted octanol–water partition coefficient (Wildman–Crippen LogP) is 2.19. The minimum Gasteiger partial charge on any atom is -0.335 e. The van der Waals surface area contributed by atoms with Crippen LogP contribution in [-0.4, -0.2) is 45.8 Å². The Balaban J connectivity index is 1.98. The minimum absolute atomic E-state index is 0.122. The molecule has 0 aliphatic carbocycles. The maximum atomic E-state index is 14.1. The van der Waals surface area contributed by atoms with E-state index in [9.17, 15) is 13.6 Å². The molecule has 1 aliphatic rings. The summed E-state index contributed by atoms with van der Waals surface area (Å²) in [7, 11) is 1.67. The zero-order valence-corrected chi connectivity index (χ0v) is 13.9. The van der Waals surface area contributed by atoms with E-state index in [0.29, 0.717) is 18.7 Å². The first-order valence-corrected chi connectivity index (χ1v) is 7.89. The van der Waals surface area contributed by atoms with Gasteiger partial charge in [0.15, 0.2) is 0 Å². The van der Waals surface area contributed by atoms with Gasteiger partial charge >= 0.3 is 0 Å². The van der Waals surface area contributed by atoms with Gasteiger partial charge in [0.1, 0.15) is 17.3 Å². The lowest BCUT2D eigenvalue weighted by Gasteiger charge is -2.36. The van der Waals surface area contributed by atoms with Crippen molar-refractivity contribution in [2.24, 2.45) is 7.05 Å². The van der Waals surface area contributed by atoms with Crippen molar-refractivity contribution in [3.8, 4) is 11.3 Å². The monoisotopic (exact) mass is 334 g/mol. The van der Waals surface area contributed by atoms with E-state index in [1.165, 1.54) is 10.7 Å². The number of carbonyl (C=O) groups excluding carboxylic acids is 1. The number of halogens is 2. The molecule has 0 unspecified atom stereocenters. The normalized spacial score (nSPS) is 21.1. The summed E-state index contributed by atoms with van der Waals surface area (Å²) in [6.45, 7) is 5.17. The van der Waals surface area contributed by atoms with Crippen molar-refractivity contribution < 1.29 is 13.6 Å². The van der Waals surface area contributed by atoms with E-state index in [1.54, 1.807) is 18.1 Å². The molecule has 2 atom stereocenters. The van der Waals surface area contributed by atoms with Gasteiger partial charge in [0, 0.05) is 50.0 Å². The molecule has 3 rings (SSSR count). The molecule has 0 bridgehead atoms. The SMILES string of the molecule is C[C@H]1CN(C(=O)c2cn(C)nc2-c2ccc(F)cc2F)C[C@H](C)N1. The number of benzene rings is 1. The van der Waals surface area contributed by atoms with Crippen molar-refractivity contribution in [3.05, 3.63) is 41.6 Å². The molecule has 1 aromatic heterocycles. The topological polar surface area (TPSA) is 50.2 Å². The van der Waals surface area contributed by atoms with E-state index >= 15 is 0 Å². The fourth-order valence-electron chi connectivity index (χ4n) is 3.19. The van der Waals surface area contributed by atoms with Gasteiger partial charge in [0.25, 0.3) is 5.91 Å². The van der Waals surface area contributed by atoms with Crippen LogP contribution in [0.5, 0.6) is 0 Å². The molecule has 5 nitrogen and oxygen atoms in total. The number of aryl methyl sites for hydroxylation is 1. The predicted molar refractivity (Wildman–Crippen MR) is 86.5 cm³/mol. The highest BCUT2D eigenvalue weighted by molar-refractivity contribution is 6.00. The standard InChI is InChI=1S/C17H20F2N4O/c1-10-7-23(8-11(2)20-10)17(24)14-9-22(3)21-16(14)13-5-4-12(18)6-15(13)19/h4-6,9-11,20H,7-8H2,1-3H3/t10-,11-/m0/s1. The number of hydrogen-bond donors (Lipinski definition) is 1. The molecule has 1 aromatic carbocycles. The molecule has 1 amide bonds. The Morgan fingerprint density at radius 2 is 1.92 bits per heavy atom. The van der Waals surface area contributed by atoms with Crippen LogP contribution in [0.4, 0.5) is 8.78 Å². The fourth-order valence-corrected chi connectivity index (χ4v) is 3.19. The maximum Gasteiger partial charge on any atom is 0.257 e. The van der Waals surface area contributed by atoms with Crippen LogP contribution in [-0.2, 0) is 7.05 Å². The van der Waals surface area contributed by atoms with E-state index in [4.69, 9.17) is 0 Å². The van der Waals surface area contributed by atoms with Gasteiger partial charge in [0.05, 0.1) is 5.56 Å². The van der Waals surface area contributed by atoms with Crippen LogP contribution in [0.2, 0.25) is 0 Å². The van der Waals surface area contributed by atoms with Gasteiger partial charge in [-0.3, -0.25) is 9.48 Å². The average Bonchev–Trinajstić information content (AvgIpc) is 2.87. The number of hydrogen-bond acceptors (Lipinski definition) is 3. The van der Waals surface area contributed by atoms with E-state index in [0.717, 1.165) is 12.1 Å². The summed E-state index contributed by atoms with van der Waals surface area (Å²) in [4.78, 5) is 14.7. The zero-order chi connectivity index (χ0) is 17.4. The Hall–Kier alpha value is -2.28. The highest BCUT2D eigenvalue weighted by Crippen LogP contribution is 2.27. The molecular weight excluding hydrogens is 314 g/mol. The first kappa shape index (κ1) is 16.6. The number of nitrogens with zero attached hydrogens (tertiary/aromatic N) is 3. The molecule has 128 valence electrons. The lowest BCUT2D eigenvalue weighted by atomic mass is 10.0. The molecule has 2 aromatic rings. The van der Waals surface area contributed by atoms with Crippen LogP contribution in [0.15, 0.2) is 24.4 Å². The van der Waals surface area contributed by atoms with Crippen molar-refractivity contribution in [1.29, 1.82) is 0 Å². The summed E-state index contributed by atoms with van der Waals surface area (Å²) in [5, 5.41) is 7.58. The smallest absolute Gasteiger partial charge is 0.257 e. The summed E-state index contributed by atoms with van der Waals surface area (Å²) in [6.07, 6.45) is 1.58. The number of carbonyl (C=O) groups is 1. The van der Waals surface area contributed by atoms with Gasteiger partial charge in [-0.15, -0.1) is 0 Å². The zero-order valence-electron chi connectivity index (χ0n) is 13.9. The van der Waals surface area contributed by atoms with E-state index in [1.807, 2.05) is 13.8 Å². The second kappa shape index (κ2) is 6.32. The van der Waals surface area contributed by atoms with Crippen molar-refractivity contribution in [3.63, 3.8) is 0 Å². The average molecular weight is 334 g/mol. The van der Waals surface area contributed by atoms with Gasteiger partial charge in [-0.1, -0.05) is 0 Å². The number of amides is 1. The lowest BCUT2D eigenvalue weighted by Crippen LogP contribution is -2.55. The number of nitrogens with one attached hydrogen (secondary N) is 1. The Bertz CT molecular complexity index is 764. The second-order valence-electron chi connectivity index (χ2n) is 6.37. The van der Waals surface area contributed by atoms with E-state index in [2.05, 4.69) is 10.4 Å². The molecule has 1 aliphatic heterocycles. The van der Waals surface area contributed by atoms with Crippen LogP contribution in [0.1, 0.15) is 24.2 Å². The molecule has 0 radical (unpaired) electrons. The van der Waals surface area contributed by atoms with Gasteiger partial charge in [-0.2, -0.15) is 5.10 Å². The Kier molecular flexibility index (Phi) is 4.36. The van der Waals surface area contributed by atoms with Crippen LogP contribution >= 0.6 is 0 Å². The highest BCUT2D eigenvalue weighted by Gasteiger charge is 2.29. The quantitative estimate of drug-likeness (QED) is 0.916. The summed E-state index contributed by atoms with van der Waals surface area (Å²) >= 11 is 0. The first-order valence-electron chi connectivity index (χ1n) is 7.89. The number of aromatic nitrogens is 2. The lowest BCUT2D eigenvalue weighted by molar-refractivity contribution is 0.0674. The highest BCUT2D eigenvalue weighted by atomic mass is 19.1. The largest absolute Gasteiger partial charge is 0.335 e. The van der Waals surface area contributed by atoms with Gasteiger partial charge in [-0.05, 0) is 26.0 Å². The third-order valence-corrected chi connectivity index (χ3v) is 4.09. The van der Waals surface area contributed by atoms with Gasteiger partial charge < -0.3 is 10.2 Å². The van der Waals surface area contributed by atoms with Crippen LogP contribution in [0, 0.1) is 11.6 Å². The summed E-state index contributed by atoms with van der Waals surface area (Å²) < 4.78 is 28.8. The van der Waals surface area contributed by atoms with Crippen molar-refractivity contribution in [1.82, 2.24) is 20.0 Å². The number of rotatable bonds is 2. The third-order valence-electron chi connectivity index (χ3n) is 4.09. The molecule has 0 spiro atoms. The van der Waals surface area contributed by atoms with Crippen LogP contribution < -0.4 is 5.32 Å². The minimum atomic E-state index is -0.732. The molecule has 2 heterocycles. The van der Waals surface area contributed by atoms with Crippen LogP contribution in [0.25, 0.3) is 11.3 Å². The van der Waals surface area contributed by atoms with Gasteiger partial charge in [0.2, 0.25) is 0 Å². The summed E-state index contributed by atoms with van der Waals surface area (Å²) in [5.41, 5.74) is 0.680. The molecular formula is C17H20F2N4O. The number of piperazine rings is 1. The molecule has 24 heavy (non-hydrogen) atoms. The second-order valence-corrected chi connectivity index (χ2v) is 6.37. The Labute approximate surface area is 139 Å². The van der Waals surface area contributed by atoms with E-state index < -0.39 is 11.6 Å². The molecule has 0 saturated carbocycles. The molecule has 1 saturated heterocycles. The van der Waals surface area contributed by atoms with Crippen molar-refractivity contribution >= 4 is 5.91 Å². The molecule has 1 fully saturated rings.